The topological polar surface area (TPSA) is 69.7 Å². The predicted octanol–water partition coefficient (Wildman–Crippen LogP) is 2.08. The number of nitrogens with zero attached hydrogens (tertiary/aromatic N) is 2. The lowest BCUT2D eigenvalue weighted by molar-refractivity contribution is 0.0951. The van der Waals surface area contributed by atoms with Crippen molar-refractivity contribution >= 4 is 27.3 Å². The second-order valence-electron chi connectivity index (χ2n) is 6.02. The van der Waals surface area contributed by atoms with Crippen LogP contribution in [0.3, 0.4) is 0 Å². The Balaban J connectivity index is 1.99. The van der Waals surface area contributed by atoms with Crippen LogP contribution in [-0.4, -0.2) is 41.7 Å². The predicted molar refractivity (Wildman–Crippen MR) is 102 cm³/mol. The highest BCUT2D eigenvalue weighted by molar-refractivity contribution is 7.92. The van der Waals surface area contributed by atoms with Gasteiger partial charge in [-0.1, -0.05) is 12.1 Å². The average Bonchev–Trinajstić information content (AvgIpc) is 2.58. The summed E-state index contributed by atoms with van der Waals surface area (Å²) in [5, 5.41) is 2.86. The molecule has 134 valence electrons. The monoisotopic (exact) mass is 361 g/mol. The molecule has 0 fully saturated rings. The van der Waals surface area contributed by atoms with E-state index in [1.165, 1.54) is 11.4 Å². The number of amides is 1. The second-order valence-corrected chi connectivity index (χ2v) is 8.03. The van der Waals surface area contributed by atoms with Crippen molar-refractivity contribution in [2.24, 2.45) is 0 Å². The molecule has 0 spiro atoms. The molecule has 0 aliphatic carbocycles. The smallest absolute Gasteiger partial charge is 0.251 e. The van der Waals surface area contributed by atoms with E-state index in [9.17, 15) is 13.2 Å². The Morgan fingerprint density at radius 3 is 1.92 bits per heavy atom. The number of hydrogen-bond donors (Lipinski definition) is 1. The van der Waals surface area contributed by atoms with E-state index in [2.05, 4.69) is 5.32 Å². The lowest BCUT2D eigenvalue weighted by atomic mass is 10.1. The van der Waals surface area contributed by atoms with Gasteiger partial charge in [-0.05, 0) is 42.0 Å². The molecular formula is C18H23N3O3S. The summed E-state index contributed by atoms with van der Waals surface area (Å²) in [4.78, 5) is 14.2. The van der Waals surface area contributed by atoms with Gasteiger partial charge in [-0.15, -0.1) is 0 Å². The van der Waals surface area contributed by atoms with Crippen molar-refractivity contribution in [1.29, 1.82) is 0 Å². The maximum Gasteiger partial charge on any atom is 0.251 e. The van der Waals surface area contributed by atoms with Crippen molar-refractivity contribution in [1.82, 2.24) is 5.32 Å². The van der Waals surface area contributed by atoms with Gasteiger partial charge < -0.3 is 10.2 Å². The van der Waals surface area contributed by atoms with Crippen molar-refractivity contribution in [3.05, 3.63) is 59.7 Å². The molecule has 0 heterocycles. The van der Waals surface area contributed by atoms with Crippen LogP contribution in [0.25, 0.3) is 0 Å². The average molecular weight is 361 g/mol. The molecular weight excluding hydrogens is 338 g/mol. The van der Waals surface area contributed by atoms with Crippen molar-refractivity contribution in [2.45, 2.75) is 6.54 Å². The number of rotatable bonds is 6. The van der Waals surface area contributed by atoms with Crippen LogP contribution in [0.2, 0.25) is 0 Å². The summed E-state index contributed by atoms with van der Waals surface area (Å²) >= 11 is 0. The van der Waals surface area contributed by atoms with Crippen molar-refractivity contribution in [3.8, 4) is 0 Å². The van der Waals surface area contributed by atoms with E-state index in [-0.39, 0.29) is 5.91 Å². The Morgan fingerprint density at radius 2 is 1.44 bits per heavy atom. The highest BCUT2D eigenvalue weighted by Crippen LogP contribution is 2.16. The maximum atomic E-state index is 12.2. The zero-order valence-electron chi connectivity index (χ0n) is 14.9. The minimum Gasteiger partial charge on any atom is -0.378 e. The zero-order chi connectivity index (χ0) is 18.6. The van der Waals surface area contributed by atoms with Crippen LogP contribution in [0.1, 0.15) is 15.9 Å². The summed E-state index contributed by atoms with van der Waals surface area (Å²) < 4.78 is 24.2. The first kappa shape index (κ1) is 18.8. The maximum absolute atomic E-state index is 12.2. The Morgan fingerprint density at radius 1 is 0.920 bits per heavy atom. The van der Waals surface area contributed by atoms with Gasteiger partial charge in [0, 0.05) is 38.9 Å². The first-order chi connectivity index (χ1) is 11.7. The van der Waals surface area contributed by atoms with Crippen LogP contribution in [0.15, 0.2) is 48.5 Å². The number of hydrogen-bond acceptors (Lipinski definition) is 4. The second kappa shape index (κ2) is 7.57. The molecule has 0 bridgehead atoms. The standard InChI is InChI=1S/C18H23N3O3S/c1-20(2)16-9-5-14(6-10-16)13-19-18(22)15-7-11-17(12-8-15)21(3)25(4,23)24/h5-12H,13H2,1-4H3,(H,19,22). The summed E-state index contributed by atoms with van der Waals surface area (Å²) in [6, 6.07) is 14.4. The van der Waals surface area contributed by atoms with Crippen LogP contribution in [0.4, 0.5) is 11.4 Å². The summed E-state index contributed by atoms with van der Waals surface area (Å²) in [5.41, 5.74) is 3.10. The Hall–Kier alpha value is -2.54. The lowest BCUT2D eigenvalue weighted by Crippen LogP contribution is -2.25. The van der Waals surface area contributed by atoms with Gasteiger partial charge in [-0.25, -0.2) is 8.42 Å². The Kier molecular flexibility index (Phi) is 5.69. The van der Waals surface area contributed by atoms with Gasteiger partial charge in [0.1, 0.15) is 0 Å². The van der Waals surface area contributed by atoms with Crippen LogP contribution in [-0.2, 0) is 16.6 Å². The van der Waals surface area contributed by atoms with Gasteiger partial charge in [0.05, 0.1) is 11.9 Å². The van der Waals surface area contributed by atoms with Gasteiger partial charge in [0.25, 0.3) is 5.91 Å². The van der Waals surface area contributed by atoms with E-state index in [4.69, 9.17) is 0 Å². The van der Waals surface area contributed by atoms with E-state index >= 15 is 0 Å². The molecule has 2 rings (SSSR count). The molecule has 0 aliphatic heterocycles. The van der Waals surface area contributed by atoms with Crippen LogP contribution in [0, 0.1) is 0 Å². The Bertz CT molecular complexity index is 829. The summed E-state index contributed by atoms with van der Waals surface area (Å²) in [6.07, 6.45) is 1.13. The first-order valence-electron chi connectivity index (χ1n) is 7.77. The third-order valence-corrected chi connectivity index (χ3v) is 5.10. The van der Waals surface area contributed by atoms with E-state index in [1.54, 1.807) is 24.3 Å². The summed E-state index contributed by atoms with van der Waals surface area (Å²) in [6.45, 7) is 0.428. The van der Waals surface area contributed by atoms with Crippen molar-refractivity contribution in [2.75, 3.05) is 36.6 Å². The van der Waals surface area contributed by atoms with Crippen molar-refractivity contribution < 1.29 is 13.2 Å². The minimum atomic E-state index is -3.32. The van der Waals surface area contributed by atoms with Crippen LogP contribution >= 0.6 is 0 Å². The van der Waals surface area contributed by atoms with E-state index in [0.717, 1.165) is 17.5 Å². The molecule has 25 heavy (non-hydrogen) atoms. The van der Waals surface area contributed by atoms with Crippen LogP contribution < -0.4 is 14.5 Å². The molecule has 0 unspecified atom stereocenters. The third-order valence-electron chi connectivity index (χ3n) is 3.90. The molecule has 0 radical (unpaired) electrons. The van der Waals surface area contributed by atoms with Gasteiger partial charge in [0.2, 0.25) is 10.0 Å². The first-order valence-corrected chi connectivity index (χ1v) is 9.62. The number of anilines is 2. The normalized spacial score (nSPS) is 11.0. The number of sulfonamides is 1. The largest absolute Gasteiger partial charge is 0.378 e. The van der Waals surface area contributed by atoms with Gasteiger partial charge in [0.15, 0.2) is 0 Å². The van der Waals surface area contributed by atoms with E-state index in [0.29, 0.717) is 17.8 Å². The molecule has 2 aromatic rings. The lowest BCUT2D eigenvalue weighted by Gasteiger charge is -2.16. The quantitative estimate of drug-likeness (QED) is 0.855. The fourth-order valence-corrected chi connectivity index (χ4v) is 2.72. The van der Waals surface area contributed by atoms with Gasteiger partial charge in [-0.3, -0.25) is 9.10 Å². The van der Waals surface area contributed by atoms with Gasteiger partial charge >= 0.3 is 0 Å². The fourth-order valence-electron chi connectivity index (χ4n) is 2.21. The summed E-state index contributed by atoms with van der Waals surface area (Å²) in [5.74, 6) is -0.203. The fraction of sp³-hybridized carbons (Fsp3) is 0.278. The molecule has 7 heteroatoms. The zero-order valence-corrected chi connectivity index (χ0v) is 15.7. The molecule has 1 amide bonds. The Labute approximate surface area is 149 Å². The third kappa shape index (κ3) is 4.96. The van der Waals surface area contributed by atoms with E-state index in [1.807, 2.05) is 43.3 Å². The number of nitrogens with one attached hydrogen (secondary N) is 1. The number of carbonyl (C=O) groups is 1. The number of carbonyl (C=O) groups excluding carboxylic acids is 1. The molecule has 0 saturated carbocycles. The van der Waals surface area contributed by atoms with Gasteiger partial charge in [-0.2, -0.15) is 0 Å². The highest BCUT2D eigenvalue weighted by atomic mass is 32.2. The molecule has 0 aromatic heterocycles. The SMILES string of the molecule is CN(C)c1ccc(CNC(=O)c2ccc(N(C)S(C)(=O)=O)cc2)cc1. The molecule has 1 N–H and O–H groups in total. The summed E-state index contributed by atoms with van der Waals surface area (Å²) in [7, 11) is 2.11. The minimum absolute atomic E-state index is 0.203. The molecule has 0 atom stereocenters. The van der Waals surface area contributed by atoms with Crippen LogP contribution in [0.5, 0.6) is 0 Å². The number of benzene rings is 2. The molecule has 6 nitrogen and oxygen atoms in total. The molecule has 0 saturated heterocycles. The highest BCUT2D eigenvalue weighted by Gasteiger charge is 2.12. The van der Waals surface area contributed by atoms with E-state index < -0.39 is 10.0 Å². The van der Waals surface area contributed by atoms with Crippen molar-refractivity contribution in [3.63, 3.8) is 0 Å². The molecule has 2 aromatic carbocycles. The molecule has 0 aliphatic rings.